The van der Waals surface area contributed by atoms with Crippen LogP contribution in [0.2, 0.25) is 0 Å². The lowest BCUT2D eigenvalue weighted by Crippen LogP contribution is -2.11. The van der Waals surface area contributed by atoms with Crippen molar-refractivity contribution < 1.29 is 33.7 Å². The van der Waals surface area contributed by atoms with E-state index in [0.717, 1.165) is 6.42 Å². The molecule has 0 bridgehead atoms. The Hall–Kier alpha value is -4.13. The third-order valence-corrected chi connectivity index (χ3v) is 4.93. The third kappa shape index (κ3) is 6.67. The second-order valence-electron chi connectivity index (χ2n) is 7.48. The van der Waals surface area contributed by atoms with Gasteiger partial charge in [-0.15, -0.1) is 0 Å². The Morgan fingerprint density at radius 1 is 0.697 bits per heavy atom. The van der Waals surface area contributed by atoms with Crippen LogP contribution in [0.5, 0.6) is 17.2 Å². The maximum atomic E-state index is 12.4. The molecule has 0 saturated heterocycles. The van der Waals surface area contributed by atoms with Crippen molar-refractivity contribution in [3.63, 3.8) is 0 Å². The highest BCUT2D eigenvalue weighted by molar-refractivity contribution is 5.93. The summed E-state index contributed by atoms with van der Waals surface area (Å²) in [5.41, 5.74) is 0.716. The van der Waals surface area contributed by atoms with Crippen molar-refractivity contribution in [3.8, 4) is 17.2 Å². The van der Waals surface area contributed by atoms with Gasteiger partial charge >= 0.3 is 17.9 Å². The first-order valence-corrected chi connectivity index (χ1v) is 10.5. The molecule has 0 aliphatic carbocycles. The Labute approximate surface area is 191 Å². The maximum Gasteiger partial charge on any atom is 0.343 e. The van der Waals surface area contributed by atoms with E-state index < -0.39 is 17.9 Å². The van der Waals surface area contributed by atoms with Gasteiger partial charge in [0.15, 0.2) is 0 Å². The van der Waals surface area contributed by atoms with Crippen LogP contribution < -0.4 is 14.2 Å². The van der Waals surface area contributed by atoms with Crippen LogP contribution in [0.1, 0.15) is 51.3 Å². The SMILES string of the molecule is CC[C@H](C)COc1ccc(C(=O)Oc2ccc(C(=O)Oc3ccc(C(=O)O)cc3)cc2)cc1. The summed E-state index contributed by atoms with van der Waals surface area (Å²) >= 11 is 0. The number of carboxylic acid groups (broad SMARTS) is 1. The molecule has 1 atom stereocenters. The van der Waals surface area contributed by atoms with Crippen molar-refractivity contribution in [3.05, 3.63) is 89.5 Å². The lowest BCUT2D eigenvalue weighted by molar-refractivity contribution is 0.0694. The fourth-order valence-corrected chi connectivity index (χ4v) is 2.70. The number of hydrogen-bond donors (Lipinski definition) is 1. The summed E-state index contributed by atoms with van der Waals surface area (Å²) in [4.78, 5) is 35.5. The van der Waals surface area contributed by atoms with Crippen molar-refractivity contribution in [2.75, 3.05) is 6.61 Å². The smallest absolute Gasteiger partial charge is 0.343 e. The van der Waals surface area contributed by atoms with Crippen LogP contribution >= 0.6 is 0 Å². The van der Waals surface area contributed by atoms with Crippen LogP contribution in [0, 0.1) is 5.92 Å². The summed E-state index contributed by atoms with van der Waals surface area (Å²) < 4.78 is 16.3. The van der Waals surface area contributed by atoms with Crippen LogP contribution in [0.25, 0.3) is 0 Å². The zero-order valence-electron chi connectivity index (χ0n) is 18.3. The van der Waals surface area contributed by atoms with E-state index in [1.807, 2.05) is 0 Å². The molecule has 0 radical (unpaired) electrons. The first kappa shape index (κ1) is 23.5. The Morgan fingerprint density at radius 2 is 1.09 bits per heavy atom. The molecule has 0 saturated carbocycles. The van der Waals surface area contributed by atoms with E-state index in [9.17, 15) is 14.4 Å². The maximum absolute atomic E-state index is 12.4. The molecule has 7 heteroatoms. The van der Waals surface area contributed by atoms with Gasteiger partial charge < -0.3 is 19.3 Å². The highest BCUT2D eigenvalue weighted by atomic mass is 16.5. The summed E-state index contributed by atoms with van der Waals surface area (Å²) in [6.07, 6.45) is 1.03. The van der Waals surface area contributed by atoms with Crippen molar-refractivity contribution in [1.82, 2.24) is 0 Å². The number of rotatable bonds is 9. The minimum atomic E-state index is -1.07. The minimum absolute atomic E-state index is 0.0919. The fourth-order valence-electron chi connectivity index (χ4n) is 2.70. The van der Waals surface area contributed by atoms with Crippen molar-refractivity contribution in [2.45, 2.75) is 20.3 Å². The van der Waals surface area contributed by atoms with Gasteiger partial charge in [0, 0.05) is 0 Å². The third-order valence-electron chi connectivity index (χ3n) is 4.93. The average Bonchev–Trinajstić information content (AvgIpc) is 2.83. The molecule has 33 heavy (non-hydrogen) atoms. The number of ether oxygens (including phenoxy) is 3. The monoisotopic (exact) mass is 448 g/mol. The van der Waals surface area contributed by atoms with Crippen molar-refractivity contribution in [1.29, 1.82) is 0 Å². The zero-order chi connectivity index (χ0) is 23.8. The summed E-state index contributed by atoms with van der Waals surface area (Å²) in [6, 6.07) is 18.1. The Bertz CT molecular complexity index is 1100. The van der Waals surface area contributed by atoms with Crippen LogP contribution in [0.15, 0.2) is 72.8 Å². The van der Waals surface area contributed by atoms with Gasteiger partial charge in [0.05, 0.1) is 23.3 Å². The molecule has 7 nitrogen and oxygen atoms in total. The van der Waals surface area contributed by atoms with Gasteiger partial charge in [-0.05, 0) is 78.7 Å². The van der Waals surface area contributed by atoms with Gasteiger partial charge in [-0.1, -0.05) is 20.3 Å². The number of hydrogen-bond acceptors (Lipinski definition) is 6. The average molecular weight is 448 g/mol. The first-order chi connectivity index (χ1) is 15.9. The van der Waals surface area contributed by atoms with E-state index in [2.05, 4.69) is 13.8 Å². The predicted molar refractivity (Wildman–Crippen MR) is 121 cm³/mol. The van der Waals surface area contributed by atoms with E-state index in [1.54, 1.807) is 24.3 Å². The van der Waals surface area contributed by atoms with Gasteiger partial charge in [-0.25, -0.2) is 14.4 Å². The van der Waals surface area contributed by atoms with E-state index in [1.165, 1.54) is 48.5 Å². The summed E-state index contributed by atoms with van der Waals surface area (Å²) in [5, 5.41) is 8.91. The quantitative estimate of drug-likeness (QED) is 0.353. The lowest BCUT2D eigenvalue weighted by atomic mass is 10.1. The van der Waals surface area contributed by atoms with Crippen LogP contribution in [0.3, 0.4) is 0 Å². The van der Waals surface area contributed by atoms with E-state index in [0.29, 0.717) is 23.8 Å². The Morgan fingerprint density at radius 3 is 1.48 bits per heavy atom. The van der Waals surface area contributed by atoms with Gasteiger partial charge in [-0.3, -0.25) is 0 Å². The standard InChI is InChI=1S/C26H24O7/c1-3-17(2)16-31-21-10-6-19(7-11-21)25(29)33-23-14-8-20(9-15-23)26(30)32-22-12-4-18(5-13-22)24(27)28/h4-15,17H,3,16H2,1-2H3,(H,27,28)/t17-/m0/s1. The second kappa shape index (κ2) is 10.9. The number of benzene rings is 3. The topological polar surface area (TPSA) is 99.1 Å². The molecule has 3 aromatic rings. The van der Waals surface area contributed by atoms with Crippen LogP contribution in [0.4, 0.5) is 0 Å². The molecular formula is C26H24O7. The summed E-state index contributed by atoms with van der Waals surface area (Å²) in [6.45, 7) is 4.82. The number of esters is 2. The molecule has 0 spiro atoms. The normalized spacial score (nSPS) is 11.3. The number of carbonyl (C=O) groups excluding carboxylic acids is 2. The summed E-state index contributed by atoms with van der Waals surface area (Å²) in [7, 11) is 0. The highest BCUT2D eigenvalue weighted by Crippen LogP contribution is 2.19. The molecular weight excluding hydrogens is 424 g/mol. The molecule has 0 unspecified atom stereocenters. The molecule has 0 aliphatic heterocycles. The van der Waals surface area contributed by atoms with E-state index in [-0.39, 0.29) is 22.6 Å². The summed E-state index contributed by atoms with van der Waals surface area (Å²) in [5.74, 6) is -0.582. The Kier molecular flexibility index (Phi) is 7.81. The molecule has 170 valence electrons. The largest absolute Gasteiger partial charge is 0.493 e. The van der Waals surface area contributed by atoms with Crippen molar-refractivity contribution in [2.24, 2.45) is 5.92 Å². The van der Waals surface area contributed by atoms with Gasteiger partial charge in [-0.2, -0.15) is 0 Å². The predicted octanol–water partition coefficient (Wildman–Crippen LogP) is 5.25. The molecule has 0 heterocycles. The molecule has 1 N–H and O–H groups in total. The van der Waals surface area contributed by atoms with Crippen LogP contribution in [-0.2, 0) is 0 Å². The molecule has 0 aromatic heterocycles. The minimum Gasteiger partial charge on any atom is -0.493 e. The number of carboxylic acids is 1. The molecule has 3 aromatic carbocycles. The van der Waals surface area contributed by atoms with E-state index >= 15 is 0 Å². The zero-order valence-corrected chi connectivity index (χ0v) is 18.3. The molecule has 0 fully saturated rings. The Balaban J connectivity index is 1.55. The van der Waals surface area contributed by atoms with Gasteiger partial charge in [0.1, 0.15) is 17.2 Å². The van der Waals surface area contributed by atoms with Crippen LogP contribution in [-0.4, -0.2) is 29.6 Å². The lowest BCUT2D eigenvalue weighted by Gasteiger charge is -2.11. The second-order valence-corrected chi connectivity index (χ2v) is 7.48. The van der Waals surface area contributed by atoms with Gasteiger partial charge in [0.2, 0.25) is 0 Å². The van der Waals surface area contributed by atoms with E-state index in [4.69, 9.17) is 19.3 Å². The number of aromatic carboxylic acids is 1. The molecule has 3 rings (SSSR count). The molecule has 0 aliphatic rings. The fraction of sp³-hybridized carbons (Fsp3) is 0.192. The molecule has 0 amide bonds. The van der Waals surface area contributed by atoms with Crippen molar-refractivity contribution >= 4 is 17.9 Å². The van der Waals surface area contributed by atoms with Gasteiger partial charge in [0.25, 0.3) is 0 Å². The number of carbonyl (C=O) groups is 3. The highest BCUT2D eigenvalue weighted by Gasteiger charge is 2.13. The first-order valence-electron chi connectivity index (χ1n) is 10.5.